The minimum atomic E-state index is -0.922. The summed E-state index contributed by atoms with van der Waals surface area (Å²) in [5, 5.41) is 8.85. The summed E-state index contributed by atoms with van der Waals surface area (Å²) in [6.45, 7) is 1.92. The van der Waals surface area contributed by atoms with Gasteiger partial charge in [-0.05, 0) is 25.1 Å². The van der Waals surface area contributed by atoms with Crippen molar-refractivity contribution in [2.75, 3.05) is 0 Å². The maximum absolute atomic E-state index is 10.8. The van der Waals surface area contributed by atoms with E-state index in [1.807, 2.05) is 17.6 Å². The standard InChI is InChI=1S/C11H10N2O2/c1-8-6-12-7-13(8)10-4-2-3-9(5-10)11(14)15/h2-7H,1H3,(H,14,15). The predicted octanol–water partition coefficient (Wildman–Crippen LogP) is 1.88. The van der Waals surface area contributed by atoms with Gasteiger partial charge in [-0.1, -0.05) is 6.07 Å². The van der Waals surface area contributed by atoms with Crippen LogP contribution in [0.2, 0.25) is 0 Å². The van der Waals surface area contributed by atoms with Crippen LogP contribution in [0.5, 0.6) is 0 Å². The van der Waals surface area contributed by atoms with Crippen molar-refractivity contribution >= 4 is 5.97 Å². The van der Waals surface area contributed by atoms with E-state index in [0.717, 1.165) is 11.4 Å². The van der Waals surface area contributed by atoms with Gasteiger partial charge in [-0.2, -0.15) is 0 Å². The molecule has 4 nitrogen and oxygen atoms in total. The van der Waals surface area contributed by atoms with Crippen molar-refractivity contribution in [1.29, 1.82) is 0 Å². The SMILES string of the molecule is Cc1cncn1-c1cccc(C(=O)O)c1. The molecule has 2 aromatic rings. The average molecular weight is 202 g/mol. The van der Waals surface area contributed by atoms with Crippen LogP contribution in [0, 0.1) is 6.92 Å². The smallest absolute Gasteiger partial charge is 0.335 e. The lowest BCUT2D eigenvalue weighted by atomic mass is 10.2. The van der Waals surface area contributed by atoms with E-state index in [0.29, 0.717) is 0 Å². The van der Waals surface area contributed by atoms with E-state index in [-0.39, 0.29) is 5.56 Å². The minimum absolute atomic E-state index is 0.278. The van der Waals surface area contributed by atoms with Crippen LogP contribution in [0.15, 0.2) is 36.8 Å². The first-order chi connectivity index (χ1) is 7.18. The largest absolute Gasteiger partial charge is 0.478 e. The number of aromatic nitrogens is 2. The van der Waals surface area contributed by atoms with Gasteiger partial charge < -0.3 is 9.67 Å². The summed E-state index contributed by atoms with van der Waals surface area (Å²) < 4.78 is 1.84. The highest BCUT2D eigenvalue weighted by Crippen LogP contribution is 2.12. The Morgan fingerprint density at radius 3 is 2.87 bits per heavy atom. The van der Waals surface area contributed by atoms with Crippen molar-refractivity contribution < 1.29 is 9.90 Å². The molecule has 0 saturated carbocycles. The van der Waals surface area contributed by atoms with E-state index in [2.05, 4.69) is 4.98 Å². The van der Waals surface area contributed by atoms with Gasteiger partial charge in [0.05, 0.1) is 11.9 Å². The number of carbonyl (C=O) groups is 1. The summed E-state index contributed by atoms with van der Waals surface area (Å²) in [6, 6.07) is 6.76. The predicted molar refractivity (Wildman–Crippen MR) is 55.3 cm³/mol. The number of nitrogens with zero attached hydrogens (tertiary/aromatic N) is 2. The summed E-state index contributed by atoms with van der Waals surface area (Å²) >= 11 is 0. The molecule has 1 aromatic heterocycles. The van der Waals surface area contributed by atoms with Gasteiger partial charge in [0.1, 0.15) is 0 Å². The van der Waals surface area contributed by atoms with Crippen LogP contribution in [0.25, 0.3) is 5.69 Å². The van der Waals surface area contributed by atoms with Crippen molar-refractivity contribution in [3.8, 4) is 5.69 Å². The summed E-state index contributed by atoms with van der Waals surface area (Å²) in [5.41, 5.74) is 2.06. The molecule has 0 aliphatic rings. The van der Waals surface area contributed by atoms with E-state index in [1.54, 1.807) is 30.7 Å². The van der Waals surface area contributed by atoms with E-state index >= 15 is 0 Å². The van der Waals surface area contributed by atoms with Crippen LogP contribution in [0.1, 0.15) is 16.1 Å². The normalized spacial score (nSPS) is 10.2. The zero-order valence-electron chi connectivity index (χ0n) is 8.21. The molecule has 0 aliphatic carbocycles. The molecule has 1 N–H and O–H groups in total. The molecule has 0 bridgehead atoms. The van der Waals surface area contributed by atoms with Crippen molar-refractivity contribution in [2.45, 2.75) is 6.92 Å². The molecule has 4 heteroatoms. The second kappa shape index (κ2) is 3.57. The third-order valence-electron chi connectivity index (χ3n) is 2.19. The van der Waals surface area contributed by atoms with Crippen molar-refractivity contribution in [1.82, 2.24) is 9.55 Å². The molecule has 1 aromatic carbocycles. The van der Waals surface area contributed by atoms with Gasteiger partial charge in [-0.3, -0.25) is 0 Å². The molecule has 0 aliphatic heterocycles. The molecule has 2 rings (SSSR count). The third-order valence-corrected chi connectivity index (χ3v) is 2.19. The summed E-state index contributed by atoms with van der Waals surface area (Å²) in [5.74, 6) is -0.922. The van der Waals surface area contributed by atoms with Crippen LogP contribution in [0.4, 0.5) is 0 Å². The fourth-order valence-corrected chi connectivity index (χ4v) is 1.42. The number of aryl methyl sites for hydroxylation is 1. The van der Waals surface area contributed by atoms with Gasteiger partial charge in [-0.25, -0.2) is 9.78 Å². The number of aromatic carboxylic acids is 1. The zero-order valence-corrected chi connectivity index (χ0v) is 8.21. The molecule has 0 fully saturated rings. The van der Waals surface area contributed by atoms with Gasteiger partial charge in [0.25, 0.3) is 0 Å². The molecular formula is C11H10N2O2. The van der Waals surface area contributed by atoms with Crippen LogP contribution < -0.4 is 0 Å². The first kappa shape index (κ1) is 9.45. The molecule has 15 heavy (non-hydrogen) atoms. The van der Waals surface area contributed by atoms with Crippen LogP contribution in [0.3, 0.4) is 0 Å². The molecule has 0 spiro atoms. The third kappa shape index (κ3) is 1.74. The number of rotatable bonds is 2. The van der Waals surface area contributed by atoms with E-state index < -0.39 is 5.97 Å². The molecule has 1 heterocycles. The average Bonchev–Trinajstić information content (AvgIpc) is 2.64. The Kier molecular flexibility index (Phi) is 2.25. The Bertz CT molecular complexity index is 503. The lowest BCUT2D eigenvalue weighted by Gasteiger charge is -2.05. The second-order valence-electron chi connectivity index (χ2n) is 3.26. The number of carboxylic acid groups (broad SMARTS) is 1. The molecule has 76 valence electrons. The Hall–Kier alpha value is -2.10. The Morgan fingerprint density at radius 1 is 1.47 bits per heavy atom. The fraction of sp³-hybridized carbons (Fsp3) is 0.0909. The van der Waals surface area contributed by atoms with E-state index in [4.69, 9.17) is 5.11 Å². The fourth-order valence-electron chi connectivity index (χ4n) is 1.42. The van der Waals surface area contributed by atoms with E-state index in [9.17, 15) is 4.79 Å². The van der Waals surface area contributed by atoms with Crippen LogP contribution in [-0.2, 0) is 0 Å². The van der Waals surface area contributed by atoms with Gasteiger partial charge in [-0.15, -0.1) is 0 Å². The van der Waals surface area contributed by atoms with Gasteiger partial charge >= 0.3 is 5.97 Å². The van der Waals surface area contributed by atoms with Gasteiger partial charge in [0.2, 0.25) is 0 Å². The molecule has 0 radical (unpaired) electrons. The summed E-state index contributed by atoms with van der Waals surface area (Å²) in [7, 11) is 0. The molecule has 0 saturated heterocycles. The Labute approximate surface area is 86.8 Å². The lowest BCUT2D eigenvalue weighted by Crippen LogP contribution is -2.00. The lowest BCUT2D eigenvalue weighted by molar-refractivity contribution is 0.0697. The molecule has 0 amide bonds. The number of benzene rings is 1. The van der Waals surface area contributed by atoms with E-state index in [1.165, 1.54) is 0 Å². The van der Waals surface area contributed by atoms with Crippen LogP contribution in [-0.4, -0.2) is 20.6 Å². The monoisotopic (exact) mass is 202 g/mol. The highest BCUT2D eigenvalue weighted by Gasteiger charge is 2.05. The minimum Gasteiger partial charge on any atom is -0.478 e. The van der Waals surface area contributed by atoms with Crippen molar-refractivity contribution in [2.24, 2.45) is 0 Å². The quantitative estimate of drug-likeness (QED) is 0.808. The van der Waals surface area contributed by atoms with Gasteiger partial charge in [0.15, 0.2) is 0 Å². The maximum atomic E-state index is 10.8. The second-order valence-corrected chi connectivity index (χ2v) is 3.26. The zero-order chi connectivity index (χ0) is 10.8. The summed E-state index contributed by atoms with van der Waals surface area (Å²) in [6.07, 6.45) is 3.39. The van der Waals surface area contributed by atoms with Crippen molar-refractivity contribution in [3.63, 3.8) is 0 Å². The molecular weight excluding hydrogens is 192 g/mol. The first-order valence-corrected chi connectivity index (χ1v) is 4.51. The Morgan fingerprint density at radius 2 is 2.27 bits per heavy atom. The summed E-state index contributed by atoms with van der Waals surface area (Å²) in [4.78, 5) is 14.8. The molecule has 0 unspecified atom stereocenters. The highest BCUT2D eigenvalue weighted by atomic mass is 16.4. The maximum Gasteiger partial charge on any atom is 0.335 e. The van der Waals surface area contributed by atoms with Gasteiger partial charge in [0, 0.05) is 17.6 Å². The number of carboxylic acids is 1. The number of imidazole rings is 1. The topological polar surface area (TPSA) is 55.1 Å². The molecule has 0 atom stereocenters. The van der Waals surface area contributed by atoms with Crippen LogP contribution >= 0.6 is 0 Å². The highest BCUT2D eigenvalue weighted by molar-refractivity contribution is 5.88. The first-order valence-electron chi connectivity index (χ1n) is 4.51. The number of hydrogen-bond acceptors (Lipinski definition) is 2. The number of hydrogen-bond donors (Lipinski definition) is 1. The van der Waals surface area contributed by atoms with Crippen molar-refractivity contribution in [3.05, 3.63) is 48.0 Å². The Balaban J connectivity index is 2.50.